The zero-order valence-corrected chi connectivity index (χ0v) is 12.1. The largest absolute Gasteiger partial charge is 0.387 e. The number of pyridine rings is 1. The normalized spacial score (nSPS) is 14.6. The molecule has 4 nitrogen and oxygen atoms in total. The zero-order valence-electron chi connectivity index (χ0n) is 12.1. The number of hydrogen-bond donors (Lipinski definition) is 1. The Morgan fingerprint density at radius 2 is 1.94 bits per heavy atom. The van der Waals surface area contributed by atoms with Crippen molar-refractivity contribution in [3.63, 3.8) is 0 Å². The van der Waals surface area contributed by atoms with E-state index in [-0.39, 0.29) is 0 Å². The van der Waals surface area contributed by atoms with E-state index in [1.807, 2.05) is 18.3 Å². The molecular formula is C14H25N3O. The van der Waals surface area contributed by atoms with Crippen molar-refractivity contribution in [1.29, 1.82) is 0 Å². The summed E-state index contributed by atoms with van der Waals surface area (Å²) in [6, 6.07) is 4.36. The molecule has 1 aromatic rings. The van der Waals surface area contributed by atoms with E-state index in [1.165, 1.54) is 0 Å². The predicted molar refractivity (Wildman–Crippen MR) is 75.9 cm³/mol. The van der Waals surface area contributed by atoms with Crippen molar-refractivity contribution in [3.05, 3.63) is 24.0 Å². The monoisotopic (exact) mass is 251 g/mol. The van der Waals surface area contributed by atoms with E-state index in [9.17, 15) is 5.11 Å². The Kier molecular flexibility index (Phi) is 5.56. The smallest absolute Gasteiger partial charge is 0.0931 e. The molecule has 0 amide bonds. The summed E-state index contributed by atoms with van der Waals surface area (Å²) >= 11 is 0. The van der Waals surface area contributed by atoms with Crippen LogP contribution < -0.4 is 4.90 Å². The van der Waals surface area contributed by atoms with E-state index in [0.717, 1.165) is 24.5 Å². The quantitative estimate of drug-likeness (QED) is 0.838. The van der Waals surface area contributed by atoms with E-state index in [0.29, 0.717) is 6.04 Å². The van der Waals surface area contributed by atoms with Crippen LogP contribution in [0.3, 0.4) is 0 Å². The summed E-state index contributed by atoms with van der Waals surface area (Å²) in [7, 11) is 4.16. The summed E-state index contributed by atoms with van der Waals surface area (Å²) in [4.78, 5) is 8.81. The molecule has 0 spiro atoms. The van der Waals surface area contributed by atoms with Crippen LogP contribution in [-0.2, 0) is 0 Å². The van der Waals surface area contributed by atoms with E-state index in [2.05, 4.69) is 42.7 Å². The lowest BCUT2D eigenvalue weighted by atomic mass is 10.2. The van der Waals surface area contributed by atoms with Gasteiger partial charge in [-0.25, -0.2) is 0 Å². The molecule has 102 valence electrons. The van der Waals surface area contributed by atoms with E-state index >= 15 is 0 Å². The number of aliphatic hydroxyl groups is 1. The molecule has 2 atom stereocenters. The van der Waals surface area contributed by atoms with Crippen molar-refractivity contribution in [2.24, 2.45) is 0 Å². The maximum Gasteiger partial charge on any atom is 0.0931 e. The summed E-state index contributed by atoms with van der Waals surface area (Å²) in [6.45, 7) is 8.05. The summed E-state index contributed by atoms with van der Waals surface area (Å²) in [6.07, 6.45) is 1.34. The van der Waals surface area contributed by atoms with Gasteiger partial charge in [0.25, 0.3) is 0 Å². The van der Waals surface area contributed by atoms with Crippen LogP contribution in [-0.4, -0.2) is 48.2 Å². The third-order valence-electron chi connectivity index (χ3n) is 3.03. The highest BCUT2D eigenvalue weighted by atomic mass is 16.3. The molecule has 0 aliphatic carbocycles. The number of aromatic nitrogens is 1. The molecule has 0 radical (unpaired) electrons. The third kappa shape index (κ3) is 3.96. The second-order valence-corrected chi connectivity index (χ2v) is 5.01. The third-order valence-corrected chi connectivity index (χ3v) is 3.03. The highest BCUT2D eigenvalue weighted by Crippen LogP contribution is 2.18. The molecule has 0 aliphatic heterocycles. The SMILES string of the molecule is CCN(c1ccc([C@H](C)O)nc1)C(C)CN(C)C. The first-order valence-electron chi connectivity index (χ1n) is 6.51. The van der Waals surface area contributed by atoms with Gasteiger partial charge in [0.1, 0.15) is 0 Å². The van der Waals surface area contributed by atoms with E-state index < -0.39 is 6.10 Å². The van der Waals surface area contributed by atoms with Gasteiger partial charge in [0.05, 0.1) is 23.7 Å². The highest BCUT2D eigenvalue weighted by Gasteiger charge is 2.14. The molecule has 1 unspecified atom stereocenters. The Labute approximate surface area is 110 Å². The molecule has 1 rings (SSSR count). The van der Waals surface area contributed by atoms with Crippen molar-refractivity contribution in [3.8, 4) is 0 Å². The van der Waals surface area contributed by atoms with Gasteiger partial charge in [-0.3, -0.25) is 4.98 Å². The van der Waals surface area contributed by atoms with Gasteiger partial charge in [0.15, 0.2) is 0 Å². The Morgan fingerprint density at radius 1 is 1.28 bits per heavy atom. The van der Waals surface area contributed by atoms with Crippen molar-refractivity contribution in [2.45, 2.75) is 32.9 Å². The Hall–Kier alpha value is -1.13. The minimum atomic E-state index is -0.506. The maximum atomic E-state index is 9.46. The molecule has 0 fully saturated rings. The van der Waals surface area contributed by atoms with Crippen molar-refractivity contribution in [1.82, 2.24) is 9.88 Å². The molecule has 0 saturated heterocycles. The van der Waals surface area contributed by atoms with Gasteiger partial charge in [0.2, 0.25) is 0 Å². The maximum absolute atomic E-state index is 9.46. The number of nitrogens with zero attached hydrogens (tertiary/aromatic N) is 3. The first-order chi connectivity index (χ1) is 8.45. The molecule has 0 saturated carbocycles. The standard InChI is InChI=1S/C14H25N3O/c1-6-17(11(2)10-16(4)5)13-7-8-14(12(3)18)15-9-13/h7-9,11-12,18H,6,10H2,1-5H3/t11?,12-/m0/s1. The van der Waals surface area contributed by atoms with Gasteiger partial charge >= 0.3 is 0 Å². The van der Waals surface area contributed by atoms with Crippen molar-refractivity contribution < 1.29 is 5.11 Å². The van der Waals surface area contributed by atoms with Gasteiger partial charge in [-0.05, 0) is 47.0 Å². The lowest BCUT2D eigenvalue weighted by molar-refractivity contribution is 0.194. The lowest BCUT2D eigenvalue weighted by Crippen LogP contribution is -2.40. The van der Waals surface area contributed by atoms with Gasteiger partial charge in [-0.15, -0.1) is 0 Å². The molecular weight excluding hydrogens is 226 g/mol. The molecule has 1 heterocycles. The summed E-state index contributed by atoms with van der Waals surface area (Å²) in [5.74, 6) is 0. The Balaban J connectivity index is 2.81. The summed E-state index contributed by atoms with van der Waals surface area (Å²) < 4.78 is 0. The van der Waals surface area contributed by atoms with Crippen LogP contribution in [0, 0.1) is 0 Å². The minimum Gasteiger partial charge on any atom is -0.387 e. The summed E-state index contributed by atoms with van der Waals surface area (Å²) in [5.41, 5.74) is 1.83. The topological polar surface area (TPSA) is 39.6 Å². The van der Waals surface area contributed by atoms with Crippen LogP contribution >= 0.6 is 0 Å². The second kappa shape index (κ2) is 6.71. The fourth-order valence-corrected chi connectivity index (χ4v) is 2.19. The van der Waals surface area contributed by atoms with Crippen LogP contribution in [0.15, 0.2) is 18.3 Å². The number of aliphatic hydroxyl groups excluding tert-OH is 1. The average Bonchev–Trinajstić information content (AvgIpc) is 2.29. The van der Waals surface area contributed by atoms with Gasteiger partial charge in [-0.1, -0.05) is 0 Å². The molecule has 0 bridgehead atoms. The second-order valence-electron chi connectivity index (χ2n) is 5.01. The first-order valence-corrected chi connectivity index (χ1v) is 6.51. The molecule has 1 aromatic heterocycles. The highest BCUT2D eigenvalue weighted by molar-refractivity contribution is 5.45. The molecule has 18 heavy (non-hydrogen) atoms. The van der Waals surface area contributed by atoms with Crippen LogP contribution in [0.4, 0.5) is 5.69 Å². The Bertz CT molecular complexity index is 349. The van der Waals surface area contributed by atoms with Crippen molar-refractivity contribution in [2.75, 3.05) is 32.1 Å². The Morgan fingerprint density at radius 3 is 2.33 bits per heavy atom. The first kappa shape index (κ1) is 14.9. The van der Waals surface area contributed by atoms with Crippen LogP contribution in [0.2, 0.25) is 0 Å². The molecule has 1 N–H and O–H groups in total. The predicted octanol–water partition coefficient (Wildman–Crippen LogP) is 1.91. The zero-order chi connectivity index (χ0) is 13.7. The van der Waals surface area contributed by atoms with Gasteiger partial charge in [-0.2, -0.15) is 0 Å². The number of hydrogen-bond acceptors (Lipinski definition) is 4. The van der Waals surface area contributed by atoms with Gasteiger partial charge < -0.3 is 14.9 Å². The lowest BCUT2D eigenvalue weighted by Gasteiger charge is -2.31. The van der Waals surface area contributed by atoms with Crippen LogP contribution in [0.25, 0.3) is 0 Å². The van der Waals surface area contributed by atoms with Gasteiger partial charge in [0, 0.05) is 19.1 Å². The molecule has 0 aromatic carbocycles. The molecule has 4 heteroatoms. The number of anilines is 1. The van der Waals surface area contributed by atoms with Crippen molar-refractivity contribution >= 4 is 5.69 Å². The number of likely N-dealkylation sites (N-methyl/N-ethyl adjacent to an activating group) is 2. The average molecular weight is 251 g/mol. The van der Waals surface area contributed by atoms with Crippen LogP contribution in [0.5, 0.6) is 0 Å². The molecule has 0 aliphatic rings. The fourth-order valence-electron chi connectivity index (χ4n) is 2.19. The minimum absolute atomic E-state index is 0.434. The fraction of sp³-hybridized carbons (Fsp3) is 0.643. The van der Waals surface area contributed by atoms with E-state index in [4.69, 9.17) is 0 Å². The van der Waals surface area contributed by atoms with Crippen LogP contribution in [0.1, 0.15) is 32.6 Å². The summed E-state index contributed by atoms with van der Waals surface area (Å²) in [5, 5.41) is 9.46. The van der Waals surface area contributed by atoms with E-state index in [1.54, 1.807) is 6.92 Å². The number of rotatable bonds is 6.